The molecule has 0 saturated heterocycles. The van der Waals surface area contributed by atoms with Gasteiger partial charge in [0.2, 0.25) is 0 Å². The summed E-state index contributed by atoms with van der Waals surface area (Å²) < 4.78 is 0. The van der Waals surface area contributed by atoms with Crippen LogP contribution in [0.1, 0.15) is 21.5 Å². The summed E-state index contributed by atoms with van der Waals surface area (Å²) in [5.41, 5.74) is 2.04. The summed E-state index contributed by atoms with van der Waals surface area (Å²) in [6.45, 7) is 0. The van der Waals surface area contributed by atoms with E-state index in [1.165, 1.54) is 0 Å². The van der Waals surface area contributed by atoms with E-state index in [-0.39, 0.29) is 5.78 Å². The average Bonchev–Trinajstić information content (AvgIpc) is 2.39. The molecule has 0 heterocycles. The van der Waals surface area contributed by atoms with Gasteiger partial charge in [0.05, 0.1) is 0 Å². The van der Waals surface area contributed by atoms with Crippen LogP contribution in [0.4, 0.5) is 0 Å². The Morgan fingerprint density at radius 1 is 1.00 bits per heavy atom. The van der Waals surface area contributed by atoms with Gasteiger partial charge < -0.3 is 0 Å². The fourth-order valence-corrected chi connectivity index (χ4v) is 2.05. The minimum absolute atomic E-state index is 0.0198. The van der Waals surface area contributed by atoms with Gasteiger partial charge >= 0.3 is 0 Å². The molecule has 0 N–H and O–H groups in total. The topological polar surface area (TPSA) is 17.1 Å². The first-order chi connectivity index (χ1) is 8.22. The molecule has 0 unspecified atom stereocenters. The molecular weight excluding hydrogens is 255 g/mol. The van der Waals surface area contributed by atoms with E-state index in [9.17, 15) is 4.79 Å². The second kappa shape index (κ2) is 5.35. The third-order valence-corrected chi connectivity index (χ3v) is 3.14. The molecule has 2 aromatic rings. The van der Waals surface area contributed by atoms with Crippen LogP contribution in [0.2, 0.25) is 5.02 Å². The van der Waals surface area contributed by atoms with Gasteiger partial charge in [0.1, 0.15) is 0 Å². The van der Waals surface area contributed by atoms with E-state index in [4.69, 9.17) is 23.2 Å². The zero-order chi connectivity index (χ0) is 12.3. The predicted octanol–water partition coefficient (Wildman–Crippen LogP) is 4.31. The summed E-state index contributed by atoms with van der Waals surface area (Å²) in [4.78, 5) is 12.1. The first-order valence-electron chi connectivity index (χ1n) is 5.16. The Hall–Kier alpha value is -1.31. The molecule has 0 aliphatic rings. The van der Waals surface area contributed by atoms with Gasteiger partial charge in [0.25, 0.3) is 0 Å². The lowest BCUT2D eigenvalue weighted by Crippen LogP contribution is -2.01. The summed E-state index contributed by atoms with van der Waals surface area (Å²) in [6.07, 6.45) is 0. The van der Waals surface area contributed by atoms with Crippen molar-refractivity contribution in [2.75, 3.05) is 0 Å². The van der Waals surface area contributed by atoms with Gasteiger partial charge in [-0.25, -0.2) is 0 Å². The highest BCUT2D eigenvalue weighted by Crippen LogP contribution is 2.21. The predicted molar refractivity (Wildman–Crippen MR) is 70.9 cm³/mol. The second-order valence-electron chi connectivity index (χ2n) is 3.63. The van der Waals surface area contributed by atoms with E-state index < -0.39 is 0 Å². The van der Waals surface area contributed by atoms with Crippen molar-refractivity contribution in [1.82, 2.24) is 0 Å². The Morgan fingerprint density at radius 3 is 2.35 bits per heavy atom. The molecule has 0 spiro atoms. The summed E-state index contributed by atoms with van der Waals surface area (Å²) in [6, 6.07) is 14.3. The maximum absolute atomic E-state index is 12.1. The lowest BCUT2D eigenvalue weighted by atomic mass is 10.0. The number of hydrogen-bond donors (Lipinski definition) is 0. The molecule has 0 atom stereocenters. The number of carbonyl (C=O) groups is 1. The smallest absolute Gasteiger partial charge is 0.193 e. The molecule has 0 aliphatic carbocycles. The van der Waals surface area contributed by atoms with Crippen molar-refractivity contribution in [2.45, 2.75) is 5.88 Å². The van der Waals surface area contributed by atoms with Crippen molar-refractivity contribution in [3.05, 3.63) is 70.2 Å². The molecule has 17 heavy (non-hydrogen) atoms. The SMILES string of the molecule is O=C(c1ccccc1)c1ccc(Cl)c(CCl)c1. The standard InChI is InChI=1S/C14H10Cl2O/c15-9-12-8-11(6-7-13(12)16)14(17)10-4-2-1-3-5-10/h1-8H,9H2. The Labute approximate surface area is 110 Å². The van der Waals surface area contributed by atoms with Gasteiger partial charge in [-0.3, -0.25) is 4.79 Å². The maximum Gasteiger partial charge on any atom is 0.193 e. The summed E-state index contributed by atoms with van der Waals surface area (Å²) in [5, 5.41) is 0.588. The van der Waals surface area contributed by atoms with Gasteiger partial charge in [0, 0.05) is 22.0 Å². The fourth-order valence-electron chi connectivity index (χ4n) is 1.57. The second-order valence-corrected chi connectivity index (χ2v) is 4.31. The molecule has 0 bridgehead atoms. The highest BCUT2D eigenvalue weighted by Gasteiger charge is 2.10. The monoisotopic (exact) mass is 264 g/mol. The molecule has 0 radical (unpaired) electrons. The number of alkyl halides is 1. The van der Waals surface area contributed by atoms with Crippen LogP contribution in [0.15, 0.2) is 48.5 Å². The van der Waals surface area contributed by atoms with E-state index in [0.717, 1.165) is 5.56 Å². The van der Waals surface area contributed by atoms with Crippen molar-refractivity contribution in [3.8, 4) is 0 Å². The van der Waals surface area contributed by atoms with Crippen LogP contribution >= 0.6 is 23.2 Å². The van der Waals surface area contributed by atoms with Crippen LogP contribution in [-0.2, 0) is 5.88 Å². The Morgan fingerprint density at radius 2 is 1.71 bits per heavy atom. The quantitative estimate of drug-likeness (QED) is 0.597. The highest BCUT2D eigenvalue weighted by molar-refractivity contribution is 6.32. The third kappa shape index (κ3) is 2.68. The molecule has 86 valence electrons. The number of hydrogen-bond acceptors (Lipinski definition) is 1. The van der Waals surface area contributed by atoms with E-state index in [1.54, 1.807) is 30.3 Å². The number of carbonyl (C=O) groups excluding carboxylic acids is 1. The van der Waals surface area contributed by atoms with Crippen LogP contribution in [0.3, 0.4) is 0 Å². The zero-order valence-electron chi connectivity index (χ0n) is 8.99. The van der Waals surface area contributed by atoms with Crippen LogP contribution in [0.25, 0.3) is 0 Å². The Bertz CT molecular complexity index is 535. The minimum atomic E-state index is -0.0198. The molecule has 1 nitrogen and oxygen atoms in total. The highest BCUT2D eigenvalue weighted by atomic mass is 35.5. The molecule has 0 fully saturated rings. The molecule has 3 heteroatoms. The lowest BCUT2D eigenvalue weighted by Gasteiger charge is -2.04. The number of benzene rings is 2. The summed E-state index contributed by atoms with van der Waals surface area (Å²) in [7, 11) is 0. The third-order valence-electron chi connectivity index (χ3n) is 2.49. The van der Waals surface area contributed by atoms with E-state index in [1.807, 2.05) is 18.2 Å². The average molecular weight is 265 g/mol. The molecule has 0 aliphatic heterocycles. The van der Waals surface area contributed by atoms with Crippen LogP contribution in [0.5, 0.6) is 0 Å². The van der Waals surface area contributed by atoms with Gasteiger partial charge in [-0.2, -0.15) is 0 Å². The Balaban J connectivity index is 2.38. The molecule has 0 saturated carbocycles. The number of rotatable bonds is 3. The minimum Gasteiger partial charge on any atom is -0.289 e. The molecule has 0 amide bonds. The normalized spacial score (nSPS) is 10.2. The zero-order valence-corrected chi connectivity index (χ0v) is 10.5. The van der Waals surface area contributed by atoms with Gasteiger partial charge in [-0.1, -0.05) is 41.9 Å². The largest absolute Gasteiger partial charge is 0.289 e. The van der Waals surface area contributed by atoms with Crippen molar-refractivity contribution in [1.29, 1.82) is 0 Å². The maximum atomic E-state index is 12.1. The molecule has 2 aromatic carbocycles. The number of ketones is 1. The van der Waals surface area contributed by atoms with Crippen LogP contribution in [-0.4, -0.2) is 5.78 Å². The van der Waals surface area contributed by atoms with Crippen molar-refractivity contribution in [2.24, 2.45) is 0 Å². The Kier molecular flexibility index (Phi) is 3.82. The fraction of sp³-hybridized carbons (Fsp3) is 0.0714. The molecule has 0 aromatic heterocycles. The first kappa shape index (κ1) is 12.2. The van der Waals surface area contributed by atoms with E-state index >= 15 is 0 Å². The van der Waals surface area contributed by atoms with Crippen molar-refractivity contribution >= 4 is 29.0 Å². The van der Waals surface area contributed by atoms with Crippen molar-refractivity contribution < 1.29 is 4.79 Å². The summed E-state index contributed by atoms with van der Waals surface area (Å²) in [5.74, 6) is 0.281. The van der Waals surface area contributed by atoms with Gasteiger partial charge in [-0.05, 0) is 23.8 Å². The van der Waals surface area contributed by atoms with Crippen molar-refractivity contribution in [3.63, 3.8) is 0 Å². The number of halogens is 2. The van der Waals surface area contributed by atoms with Crippen LogP contribution in [0, 0.1) is 0 Å². The molecule has 2 rings (SSSR count). The van der Waals surface area contributed by atoms with E-state index in [2.05, 4.69) is 0 Å². The van der Waals surface area contributed by atoms with Gasteiger partial charge in [-0.15, -0.1) is 11.6 Å². The summed E-state index contributed by atoms with van der Waals surface area (Å²) >= 11 is 11.7. The first-order valence-corrected chi connectivity index (χ1v) is 6.08. The lowest BCUT2D eigenvalue weighted by molar-refractivity contribution is 0.103. The molecular formula is C14H10Cl2O. The van der Waals surface area contributed by atoms with E-state index in [0.29, 0.717) is 22.0 Å². The van der Waals surface area contributed by atoms with Gasteiger partial charge in [0.15, 0.2) is 5.78 Å². The van der Waals surface area contributed by atoms with Crippen LogP contribution < -0.4 is 0 Å².